The highest BCUT2D eigenvalue weighted by Gasteiger charge is 2.29. The molecule has 1 aromatic heterocycles. The first-order valence-corrected chi connectivity index (χ1v) is 9.04. The predicted molar refractivity (Wildman–Crippen MR) is 101 cm³/mol. The van der Waals surface area contributed by atoms with E-state index in [1.165, 1.54) is 12.1 Å². The number of halogens is 2. The Bertz CT molecular complexity index is 876. The van der Waals surface area contributed by atoms with E-state index in [1.54, 1.807) is 23.1 Å². The van der Waals surface area contributed by atoms with Crippen LogP contribution in [0.2, 0.25) is 10.0 Å². The molecular weight excluding hydrogens is 377 g/mol. The zero-order valence-electron chi connectivity index (χ0n) is 13.9. The van der Waals surface area contributed by atoms with E-state index in [0.717, 1.165) is 0 Å². The van der Waals surface area contributed by atoms with Crippen molar-refractivity contribution < 1.29 is 9.90 Å². The number of hydrogen-bond donors (Lipinski definition) is 3. The first-order valence-electron chi connectivity index (χ1n) is 8.29. The number of piperidine rings is 1. The number of carbonyl (C=O) groups is 1. The van der Waals surface area contributed by atoms with Gasteiger partial charge in [0.15, 0.2) is 0 Å². The number of hydrogen-bond acceptors (Lipinski definition) is 4. The van der Waals surface area contributed by atoms with Crippen LogP contribution in [-0.4, -0.2) is 34.0 Å². The molecule has 0 saturated carbocycles. The third-order valence-corrected chi connectivity index (χ3v) is 5.48. The second-order valence-electron chi connectivity index (χ2n) is 6.41. The summed E-state index contributed by atoms with van der Waals surface area (Å²) < 4.78 is 0. The van der Waals surface area contributed by atoms with Crippen LogP contribution in [0, 0.1) is 5.92 Å². The van der Waals surface area contributed by atoms with Gasteiger partial charge in [-0.15, -0.1) is 0 Å². The molecule has 2 aromatic rings. The van der Waals surface area contributed by atoms with Crippen molar-refractivity contribution >= 4 is 29.1 Å². The van der Waals surface area contributed by atoms with Crippen LogP contribution in [-0.2, 0) is 0 Å². The third-order valence-electron chi connectivity index (χ3n) is 4.76. The van der Waals surface area contributed by atoms with Gasteiger partial charge in [-0.25, -0.2) is 0 Å². The number of pyridine rings is 1. The number of nitrogens with one attached hydrogen (secondary N) is 1. The molecule has 0 unspecified atom stereocenters. The summed E-state index contributed by atoms with van der Waals surface area (Å²) in [5, 5.41) is 10.7. The van der Waals surface area contributed by atoms with Gasteiger partial charge in [-0.2, -0.15) is 0 Å². The molecule has 1 amide bonds. The Labute approximate surface area is 160 Å². The number of nitrogens with zero attached hydrogens (tertiary/aromatic N) is 1. The van der Waals surface area contributed by atoms with Gasteiger partial charge >= 0.3 is 0 Å². The minimum atomic E-state index is -0.404. The molecule has 1 aromatic carbocycles. The number of phenolic OH excluding ortho intramolecular Hbond substituents is 1. The molecule has 0 radical (unpaired) electrons. The summed E-state index contributed by atoms with van der Waals surface area (Å²) in [5.74, 6) is -0.0867. The molecule has 3 rings (SSSR count). The summed E-state index contributed by atoms with van der Waals surface area (Å²) in [6.45, 7) is 1.05. The molecule has 8 heteroatoms. The van der Waals surface area contributed by atoms with E-state index in [2.05, 4.69) is 4.98 Å². The van der Waals surface area contributed by atoms with Gasteiger partial charge in [-0.3, -0.25) is 9.59 Å². The zero-order valence-corrected chi connectivity index (χ0v) is 15.4. The van der Waals surface area contributed by atoms with Crippen molar-refractivity contribution in [3.05, 3.63) is 62.0 Å². The number of likely N-dealkylation sites (tertiary alicyclic amines) is 1. The van der Waals surface area contributed by atoms with Gasteiger partial charge < -0.3 is 20.7 Å². The predicted octanol–water partition coefficient (Wildman–Crippen LogP) is 2.94. The number of nitrogens with two attached hydrogens (primary N) is 1. The van der Waals surface area contributed by atoms with Crippen LogP contribution in [0.4, 0.5) is 0 Å². The van der Waals surface area contributed by atoms with Crippen LogP contribution in [0.1, 0.15) is 34.9 Å². The Balaban J connectivity index is 1.67. The first kappa shape index (κ1) is 18.8. The maximum Gasteiger partial charge on any atom is 0.270 e. The van der Waals surface area contributed by atoms with Gasteiger partial charge in [0.05, 0.1) is 10.0 Å². The number of H-pyrrole nitrogens is 1. The number of phenols is 1. The van der Waals surface area contributed by atoms with Crippen LogP contribution in [0.5, 0.6) is 5.75 Å². The van der Waals surface area contributed by atoms with Crippen molar-refractivity contribution in [1.29, 1.82) is 0 Å². The van der Waals surface area contributed by atoms with Crippen molar-refractivity contribution in [2.24, 2.45) is 11.7 Å². The number of carbonyl (C=O) groups excluding carboxylic acids is 1. The number of rotatable bonds is 3. The van der Waals surface area contributed by atoms with E-state index < -0.39 is 6.04 Å². The maximum absolute atomic E-state index is 12.5. The molecule has 1 aliphatic heterocycles. The standard InChI is InChI=1S/C18H19Cl2N3O3/c19-12-8-11(15(24)9-13(12)20)17(21)10-4-6-23(7-5-10)18(26)14-2-1-3-16(25)22-14/h1-3,8-10,17,24H,4-7,21H2,(H,22,25)/t17-/m1/s1. The minimum absolute atomic E-state index is 0.0206. The lowest BCUT2D eigenvalue weighted by molar-refractivity contribution is 0.0671. The average molecular weight is 396 g/mol. The molecule has 1 fully saturated rings. The van der Waals surface area contributed by atoms with Crippen molar-refractivity contribution in [3.63, 3.8) is 0 Å². The van der Waals surface area contributed by atoms with Crippen molar-refractivity contribution in [3.8, 4) is 5.75 Å². The molecular formula is C18H19Cl2N3O3. The fraction of sp³-hybridized carbons (Fsp3) is 0.333. The number of aromatic nitrogens is 1. The van der Waals surface area contributed by atoms with Crippen LogP contribution in [0.15, 0.2) is 35.1 Å². The van der Waals surface area contributed by atoms with Crippen LogP contribution < -0.4 is 11.3 Å². The molecule has 2 heterocycles. The van der Waals surface area contributed by atoms with E-state index in [-0.39, 0.29) is 33.9 Å². The van der Waals surface area contributed by atoms with E-state index in [9.17, 15) is 14.7 Å². The molecule has 1 aliphatic rings. The minimum Gasteiger partial charge on any atom is -0.508 e. The molecule has 0 aliphatic carbocycles. The topological polar surface area (TPSA) is 99.4 Å². The summed E-state index contributed by atoms with van der Waals surface area (Å²) in [4.78, 5) is 28.1. The molecule has 0 bridgehead atoms. The number of aromatic hydroxyl groups is 1. The van der Waals surface area contributed by atoms with Crippen molar-refractivity contribution in [2.75, 3.05) is 13.1 Å². The lowest BCUT2D eigenvalue weighted by atomic mass is 9.85. The summed E-state index contributed by atoms with van der Waals surface area (Å²) in [5.41, 5.74) is 6.86. The molecule has 1 atom stereocenters. The van der Waals surface area contributed by atoms with Gasteiger partial charge in [0, 0.05) is 36.8 Å². The second-order valence-corrected chi connectivity index (χ2v) is 7.22. The van der Waals surface area contributed by atoms with E-state index in [0.29, 0.717) is 36.5 Å². The zero-order chi connectivity index (χ0) is 18.8. The Hall–Kier alpha value is -2.02. The third kappa shape index (κ3) is 3.87. The highest BCUT2D eigenvalue weighted by molar-refractivity contribution is 6.42. The highest BCUT2D eigenvalue weighted by Crippen LogP contribution is 2.37. The summed E-state index contributed by atoms with van der Waals surface area (Å²) >= 11 is 11.9. The number of aromatic amines is 1. The summed E-state index contributed by atoms with van der Waals surface area (Å²) in [6, 6.07) is 7.10. The Morgan fingerprint density at radius 3 is 2.54 bits per heavy atom. The number of amides is 1. The van der Waals surface area contributed by atoms with Gasteiger partial charge in [0.1, 0.15) is 11.4 Å². The second kappa shape index (κ2) is 7.70. The van der Waals surface area contributed by atoms with Gasteiger partial charge in [-0.05, 0) is 30.9 Å². The smallest absolute Gasteiger partial charge is 0.270 e. The molecule has 6 nitrogen and oxygen atoms in total. The van der Waals surface area contributed by atoms with Gasteiger partial charge in [-0.1, -0.05) is 29.3 Å². The first-order chi connectivity index (χ1) is 12.4. The SMILES string of the molecule is N[C@@H](c1cc(Cl)c(Cl)cc1O)C1CCN(C(=O)c2cccc(=O)[nH]2)CC1. The van der Waals surface area contributed by atoms with E-state index >= 15 is 0 Å². The molecule has 138 valence electrons. The van der Waals surface area contributed by atoms with Gasteiger partial charge in [0.25, 0.3) is 5.91 Å². The molecule has 26 heavy (non-hydrogen) atoms. The van der Waals surface area contributed by atoms with Crippen LogP contribution in [0.3, 0.4) is 0 Å². The van der Waals surface area contributed by atoms with Crippen molar-refractivity contribution in [2.45, 2.75) is 18.9 Å². The molecule has 4 N–H and O–H groups in total. The Morgan fingerprint density at radius 2 is 1.88 bits per heavy atom. The molecule has 1 saturated heterocycles. The van der Waals surface area contributed by atoms with Crippen molar-refractivity contribution in [1.82, 2.24) is 9.88 Å². The lowest BCUT2D eigenvalue weighted by Gasteiger charge is -2.35. The molecule has 0 spiro atoms. The van der Waals surface area contributed by atoms with Gasteiger partial charge in [0.2, 0.25) is 5.56 Å². The number of benzene rings is 1. The quantitative estimate of drug-likeness (QED) is 0.743. The van der Waals surface area contributed by atoms with Crippen LogP contribution >= 0.6 is 23.2 Å². The van der Waals surface area contributed by atoms with Crippen LogP contribution in [0.25, 0.3) is 0 Å². The fourth-order valence-electron chi connectivity index (χ4n) is 3.28. The normalized spacial score (nSPS) is 16.5. The average Bonchev–Trinajstić information content (AvgIpc) is 2.63. The van der Waals surface area contributed by atoms with E-state index in [4.69, 9.17) is 28.9 Å². The Kier molecular flexibility index (Phi) is 5.55. The highest BCUT2D eigenvalue weighted by atomic mass is 35.5. The monoisotopic (exact) mass is 395 g/mol. The van der Waals surface area contributed by atoms with E-state index in [1.807, 2.05) is 0 Å². The summed E-state index contributed by atoms with van der Waals surface area (Å²) in [7, 11) is 0. The lowest BCUT2D eigenvalue weighted by Crippen LogP contribution is -2.41. The largest absolute Gasteiger partial charge is 0.508 e. The summed E-state index contributed by atoms with van der Waals surface area (Å²) in [6.07, 6.45) is 1.37. The fourth-order valence-corrected chi connectivity index (χ4v) is 3.61. The Morgan fingerprint density at radius 1 is 1.23 bits per heavy atom. The maximum atomic E-state index is 12.5.